The average Bonchev–Trinajstić information content (AvgIpc) is 2.42. The lowest BCUT2D eigenvalue weighted by molar-refractivity contribution is 0.102. The number of hydrogen-bond acceptors (Lipinski definition) is 3. The number of nitrogens with one attached hydrogen (secondary N) is 1. The fourth-order valence-electron chi connectivity index (χ4n) is 1.80. The summed E-state index contributed by atoms with van der Waals surface area (Å²) in [6.45, 7) is 1.78. The molecule has 0 saturated carbocycles. The Morgan fingerprint density at radius 3 is 2.75 bits per heavy atom. The number of halogens is 1. The Morgan fingerprint density at radius 2 is 2.10 bits per heavy atom. The fourth-order valence-corrected chi connectivity index (χ4v) is 1.99. The molecule has 0 heterocycles. The maximum absolute atomic E-state index is 12.1. The number of carbonyl (C=O) groups is 1. The molecule has 0 atom stereocenters. The minimum atomic E-state index is -0.291. The van der Waals surface area contributed by atoms with Crippen molar-refractivity contribution in [2.24, 2.45) is 0 Å². The zero-order valence-electron chi connectivity index (χ0n) is 10.8. The minimum Gasteiger partial charge on any atom is -0.397 e. The van der Waals surface area contributed by atoms with Gasteiger partial charge in [-0.25, -0.2) is 0 Å². The van der Waals surface area contributed by atoms with Gasteiger partial charge in [0.15, 0.2) is 0 Å². The number of aryl methyl sites for hydroxylation is 1. The summed E-state index contributed by atoms with van der Waals surface area (Å²) in [6, 6.07) is 11.9. The Hall–Kier alpha value is -2.51. The Kier molecular flexibility index (Phi) is 3.92. The molecule has 1 amide bonds. The number of nitrogen functional groups attached to an aromatic ring is 1. The molecule has 2 rings (SSSR count). The maximum atomic E-state index is 12.1. The zero-order valence-corrected chi connectivity index (χ0v) is 11.5. The third kappa shape index (κ3) is 2.90. The number of anilines is 2. The molecule has 3 N–H and O–H groups in total. The minimum absolute atomic E-state index is 0.291. The monoisotopic (exact) mass is 285 g/mol. The molecule has 0 saturated heterocycles. The lowest BCUT2D eigenvalue weighted by Gasteiger charge is -2.09. The van der Waals surface area contributed by atoms with Gasteiger partial charge in [0, 0.05) is 16.3 Å². The van der Waals surface area contributed by atoms with E-state index in [-0.39, 0.29) is 5.91 Å². The molecule has 2 aromatic rings. The summed E-state index contributed by atoms with van der Waals surface area (Å²) in [5.41, 5.74) is 8.25. The molecule has 0 bridgehead atoms. The van der Waals surface area contributed by atoms with Gasteiger partial charge in [-0.05, 0) is 42.8 Å². The van der Waals surface area contributed by atoms with Crippen LogP contribution in [0.3, 0.4) is 0 Å². The first-order chi connectivity index (χ1) is 9.51. The molecular formula is C15H12ClN3O. The van der Waals surface area contributed by atoms with Crippen LogP contribution in [-0.2, 0) is 0 Å². The number of nitrogens with two attached hydrogens (primary N) is 1. The standard InChI is InChI=1S/C15H12ClN3O/c1-9-5-13(7-11(8-17)14(9)18)19-15(20)10-3-2-4-12(16)6-10/h2-7H,18H2,1H3,(H,19,20). The first kappa shape index (κ1) is 13.9. The third-order valence-corrected chi connectivity index (χ3v) is 3.09. The molecule has 20 heavy (non-hydrogen) atoms. The summed E-state index contributed by atoms with van der Waals surface area (Å²) in [7, 11) is 0. The van der Waals surface area contributed by atoms with Crippen molar-refractivity contribution < 1.29 is 4.79 Å². The van der Waals surface area contributed by atoms with E-state index in [1.807, 2.05) is 6.07 Å². The summed E-state index contributed by atoms with van der Waals surface area (Å²) in [5.74, 6) is -0.291. The van der Waals surface area contributed by atoms with Gasteiger partial charge in [-0.1, -0.05) is 17.7 Å². The van der Waals surface area contributed by atoms with E-state index in [9.17, 15) is 4.79 Å². The van der Waals surface area contributed by atoms with E-state index in [1.165, 1.54) is 0 Å². The number of amides is 1. The summed E-state index contributed by atoms with van der Waals surface area (Å²) >= 11 is 5.85. The van der Waals surface area contributed by atoms with Crippen LogP contribution in [-0.4, -0.2) is 5.91 Å². The molecule has 0 aliphatic rings. The zero-order chi connectivity index (χ0) is 14.7. The Labute approximate surface area is 121 Å². The Balaban J connectivity index is 2.29. The molecule has 5 heteroatoms. The van der Waals surface area contributed by atoms with Crippen molar-refractivity contribution >= 4 is 28.9 Å². The largest absolute Gasteiger partial charge is 0.397 e. The van der Waals surface area contributed by atoms with E-state index in [0.717, 1.165) is 5.56 Å². The molecule has 4 nitrogen and oxygen atoms in total. The fraction of sp³-hybridized carbons (Fsp3) is 0.0667. The van der Waals surface area contributed by atoms with E-state index in [4.69, 9.17) is 22.6 Å². The summed E-state index contributed by atoms with van der Waals surface area (Å²) < 4.78 is 0. The van der Waals surface area contributed by atoms with Crippen LogP contribution in [0.5, 0.6) is 0 Å². The number of nitriles is 1. The first-order valence-corrected chi connectivity index (χ1v) is 6.26. The lowest BCUT2D eigenvalue weighted by atomic mass is 10.1. The van der Waals surface area contributed by atoms with Crippen LogP contribution < -0.4 is 11.1 Å². The van der Waals surface area contributed by atoms with Crippen molar-refractivity contribution in [1.82, 2.24) is 0 Å². The van der Waals surface area contributed by atoms with Crippen molar-refractivity contribution in [2.75, 3.05) is 11.1 Å². The van der Waals surface area contributed by atoms with E-state index in [2.05, 4.69) is 5.32 Å². The lowest BCUT2D eigenvalue weighted by Crippen LogP contribution is -2.12. The SMILES string of the molecule is Cc1cc(NC(=O)c2cccc(Cl)c2)cc(C#N)c1N. The number of rotatable bonds is 2. The van der Waals surface area contributed by atoms with Crippen molar-refractivity contribution in [3.8, 4) is 6.07 Å². The van der Waals surface area contributed by atoms with Crippen LogP contribution in [0, 0.1) is 18.3 Å². The van der Waals surface area contributed by atoms with E-state index in [1.54, 1.807) is 43.3 Å². The van der Waals surface area contributed by atoms with Gasteiger partial charge in [0.05, 0.1) is 11.3 Å². The second-order valence-electron chi connectivity index (χ2n) is 4.33. The summed E-state index contributed by atoms with van der Waals surface area (Å²) in [6.07, 6.45) is 0. The smallest absolute Gasteiger partial charge is 0.255 e. The van der Waals surface area contributed by atoms with E-state index >= 15 is 0 Å². The van der Waals surface area contributed by atoms with Crippen molar-refractivity contribution in [2.45, 2.75) is 6.92 Å². The molecule has 100 valence electrons. The number of benzene rings is 2. The summed E-state index contributed by atoms with van der Waals surface area (Å²) in [5, 5.41) is 12.2. The molecule has 2 aromatic carbocycles. The predicted octanol–water partition coefficient (Wildman–Crippen LogP) is 3.35. The van der Waals surface area contributed by atoms with Gasteiger partial charge >= 0.3 is 0 Å². The molecule has 0 fully saturated rings. The molecule has 0 spiro atoms. The highest BCUT2D eigenvalue weighted by atomic mass is 35.5. The molecule has 0 unspecified atom stereocenters. The molecular weight excluding hydrogens is 274 g/mol. The number of hydrogen-bond donors (Lipinski definition) is 2. The van der Waals surface area contributed by atoms with Gasteiger partial charge < -0.3 is 11.1 Å². The van der Waals surface area contributed by atoms with Gasteiger partial charge in [-0.3, -0.25) is 4.79 Å². The topological polar surface area (TPSA) is 78.9 Å². The second kappa shape index (κ2) is 5.64. The normalized spacial score (nSPS) is 9.85. The van der Waals surface area contributed by atoms with Gasteiger partial charge in [0.2, 0.25) is 0 Å². The van der Waals surface area contributed by atoms with Gasteiger partial charge in [-0.2, -0.15) is 5.26 Å². The second-order valence-corrected chi connectivity index (χ2v) is 4.77. The van der Waals surface area contributed by atoms with Gasteiger partial charge in [0.1, 0.15) is 6.07 Å². The van der Waals surface area contributed by atoms with Crippen LogP contribution in [0.15, 0.2) is 36.4 Å². The number of carbonyl (C=O) groups excluding carboxylic acids is 1. The van der Waals surface area contributed by atoms with Gasteiger partial charge in [-0.15, -0.1) is 0 Å². The van der Waals surface area contributed by atoms with E-state index in [0.29, 0.717) is 27.5 Å². The van der Waals surface area contributed by atoms with Crippen LogP contribution in [0.25, 0.3) is 0 Å². The highest BCUT2D eigenvalue weighted by Crippen LogP contribution is 2.22. The summed E-state index contributed by atoms with van der Waals surface area (Å²) in [4.78, 5) is 12.1. The highest BCUT2D eigenvalue weighted by Gasteiger charge is 2.09. The average molecular weight is 286 g/mol. The molecule has 0 aliphatic heterocycles. The van der Waals surface area contributed by atoms with Crippen LogP contribution in [0.2, 0.25) is 5.02 Å². The quantitative estimate of drug-likeness (QED) is 0.831. The van der Waals surface area contributed by atoms with Crippen molar-refractivity contribution in [3.05, 3.63) is 58.1 Å². The highest BCUT2D eigenvalue weighted by molar-refractivity contribution is 6.31. The van der Waals surface area contributed by atoms with Crippen LogP contribution in [0.4, 0.5) is 11.4 Å². The molecule has 0 radical (unpaired) electrons. The predicted molar refractivity (Wildman–Crippen MR) is 79.7 cm³/mol. The van der Waals surface area contributed by atoms with E-state index < -0.39 is 0 Å². The molecule has 0 aliphatic carbocycles. The first-order valence-electron chi connectivity index (χ1n) is 5.88. The maximum Gasteiger partial charge on any atom is 0.255 e. The Bertz CT molecular complexity index is 720. The van der Waals surface area contributed by atoms with Crippen molar-refractivity contribution in [1.29, 1.82) is 5.26 Å². The van der Waals surface area contributed by atoms with Crippen LogP contribution in [0.1, 0.15) is 21.5 Å². The third-order valence-electron chi connectivity index (χ3n) is 2.85. The van der Waals surface area contributed by atoms with Crippen LogP contribution >= 0.6 is 11.6 Å². The van der Waals surface area contributed by atoms with Gasteiger partial charge in [0.25, 0.3) is 5.91 Å². The number of nitrogens with zero attached hydrogens (tertiary/aromatic N) is 1. The van der Waals surface area contributed by atoms with Crippen molar-refractivity contribution in [3.63, 3.8) is 0 Å². The molecule has 0 aromatic heterocycles. The Morgan fingerprint density at radius 1 is 1.35 bits per heavy atom.